The molecule has 8 nitrogen and oxygen atoms in total. The summed E-state index contributed by atoms with van der Waals surface area (Å²) < 4.78 is 5.14. The number of hydrogen-bond acceptors (Lipinski definition) is 6. The third kappa shape index (κ3) is 5.94. The van der Waals surface area contributed by atoms with Crippen molar-refractivity contribution in [3.05, 3.63) is 80.4 Å². The van der Waals surface area contributed by atoms with Gasteiger partial charge in [0.2, 0.25) is 0 Å². The zero-order valence-corrected chi connectivity index (χ0v) is 13.8. The SMILES string of the molecule is C=CCOc1ccc(C)cc1[N+](=O)[O-].Cc1ccc(O)c([N+](=O)[O-])c1. The van der Waals surface area contributed by atoms with E-state index in [9.17, 15) is 20.2 Å². The summed E-state index contributed by atoms with van der Waals surface area (Å²) in [7, 11) is 0. The van der Waals surface area contributed by atoms with Crippen LogP contribution in [0, 0.1) is 34.1 Å². The summed E-state index contributed by atoms with van der Waals surface area (Å²) in [6.07, 6.45) is 1.55. The van der Waals surface area contributed by atoms with Gasteiger partial charge in [0.05, 0.1) is 9.85 Å². The first-order valence-electron chi connectivity index (χ1n) is 7.19. The standard InChI is InChI=1S/C10H11NO3.C7H7NO3/c1-3-6-14-10-5-4-8(2)7-9(10)11(12)13;1-5-2-3-7(9)6(4-5)8(10)11/h3-5,7H,1,6H2,2H3;2-4,9H,1H3. The van der Waals surface area contributed by atoms with Crippen molar-refractivity contribution in [1.29, 1.82) is 0 Å². The fourth-order valence-corrected chi connectivity index (χ4v) is 1.82. The number of aromatic hydroxyl groups is 1. The Balaban J connectivity index is 0.000000257. The molecule has 0 unspecified atom stereocenters. The van der Waals surface area contributed by atoms with E-state index in [1.165, 1.54) is 18.2 Å². The highest BCUT2D eigenvalue weighted by atomic mass is 16.6. The van der Waals surface area contributed by atoms with Gasteiger partial charge >= 0.3 is 11.4 Å². The molecule has 132 valence electrons. The van der Waals surface area contributed by atoms with E-state index >= 15 is 0 Å². The van der Waals surface area contributed by atoms with Crippen molar-refractivity contribution in [1.82, 2.24) is 0 Å². The predicted octanol–water partition coefficient (Wildman–Crippen LogP) is 4.08. The molecule has 2 aromatic carbocycles. The van der Waals surface area contributed by atoms with E-state index in [4.69, 9.17) is 9.84 Å². The van der Waals surface area contributed by atoms with Gasteiger partial charge in [0.25, 0.3) is 0 Å². The van der Waals surface area contributed by atoms with Crippen LogP contribution >= 0.6 is 0 Å². The lowest BCUT2D eigenvalue weighted by Gasteiger charge is -2.04. The van der Waals surface area contributed by atoms with Crippen LogP contribution in [0.2, 0.25) is 0 Å². The molecule has 0 radical (unpaired) electrons. The van der Waals surface area contributed by atoms with Crippen molar-refractivity contribution in [2.45, 2.75) is 13.8 Å². The summed E-state index contributed by atoms with van der Waals surface area (Å²) in [5.41, 5.74) is 1.34. The van der Waals surface area contributed by atoms with Crippen LogP contribution in [-0.4, -0.2) is 21.6 Å². The van der Waals surface area contributed by atoms with E-state index in [1.807, 2.05) is 0 Å². The lowest BCUT2D eigenvalue weighted by Crippen LogP contribution is -1.98. The maximum absolute atomic E-state index is 10.6. The molecular weight excluding hydrogens is 328 g/mol. The van der Waals surface area contributed by atoms with Gasteiger partial charge in [0.15, 0.2) is 11.5 Å². The molecule has 25 heavy (non-hydrogen) atoms. The number of aryl methyl sites for hydroxylation is 2. The molecule has 1 N–H and O–H groups in total. The molecule has 0 atom stereocenters. The summed E-state index contributed by atoms with van der Waals surface area (Å²) in [4.78, 5) is 19.8. The number of nitro benzene ring substituents is 2. The first-order chi connectivity index (χ1) is 11.8. The number of rotatable bonds is 5. The molecule has 0 aromatic heterocycles. The van der Waals surface area contributed by atoms with Gasteiger partial charge in [-0.15, -0.1) is 0 Å². The van der Waals surface area contributed by atoms with Gasteiger partial charge in [0, 0.05) is 12.1 Å². The third-order valence-electron chi connectivity index (χ3n) is 3.00. The molecule has 0 fully saturated rings. The molecule has 2 aromatic rings. The molecule has 0 spiro atoms. The largest absolute Gasteiger partial charge is 0.502 e. The third-order valence-corrected chi connectivity index (χ3v) is 3.00. The molecule has 8 heteroatoms. The van der Waals surface area contributed by atoms with Gasteiger partial charge in [-0.2, -0.15) is 0 Å². The number of phenols is 1. The molecule has 0 aliphatic rings. The number of benzene rings is 2. The Morgan fingerprint density at radius 3 is 2.04 bits per heavy atom. The molecule has 2 rings (SSSR count). The fourth-order valence-electron chi connectivity index (χ4n) is 1.82. The lowest BCUT2D eigenvalue weighted by atomic mass is 10.2. The lowest BCUT2D eigenvalue weighted by molar-refractivity contribution is -0.386. The van der Waals surface area contributed by atoms with Crippen LogP contribution in [0.15, 0.2) is 49.1 Å². The normalized spacial score (nSPS) is 9.52. The van der Waals surface area contributed by atoms with Gasteiger partial charge < -0.3 is 9.84 Å². The van der Waals surface area contributed by atoms with Crippen LogP contribution in [0.3, 0.4) is 0 Å². The topological polar surface area (TPSA) is 116 Å². The van der Waals surface area contributed by atoms with Gasteiger partial charge in [-0.3, -0.25) is 20.2 Å². The monoisotopic (exact) mass is 346 g/mol. The van der Waals surface area contributed by atoms with Crippen molar-refractivity contribution >= 4 is 11.4 Å². The molecule has 0 saturated carbocycles. The molecular formula is C17H18N2O6. The average Bonchev–Trinajstić information content (AvgIpc) is 2.56. The Bertz CT molecular complexity index is 789. The summed E-state index contributed by atoms with van der Waals surface area (Å²) in [6, 6.07) is 9.10. The second-order valence-electron chi connectivity index (χ2n) is 5.08. The number of phenolic OH excluding ortho intramolecular Hbond substituents is 1. The van der Waals surface area contributed by atoms with E-state index in [2.05, 4.69) is 6.58 Å². The van der Waals surface area contributed by atoms with Crippen LogP contribution in [0.4, 0.5) is 11.4 Å². The Kier molecular flexibility index (Phi) is 7.08. The van der Waals surface area contributed by atoms with Gasteiger partial charge in [-0.1, -0.05) is 24.8 Å². The smallest absolute Gasteiger partial charge is 0.311 e. The second-order valence-corrected chi connectivity index (χ2v) is 5.08. The van der Waals surface area contributed by atoms with Crippen molar-refractivity contribution in [3.63, 3.8) is 0 Å². The summed E-state index contributed by atoms with van der Waals surface area (Å²) >= 11 is 0. The minimum absolute atomic E-state index is 0.00755. The first-order valence-corrected chi connectivity index (χ1v) is 7.19. The van der Waals surface area contributed by atoms with Gasteiger partial charge in [-0.25, -0.2) is 0 Å². The molecule has 0 saturated heterocycles. The molecule has 0 aliphatic carbocycles. The zero-order valence-electron chi connectivity index (χ0n) is 13.8. The highest BCUT2D eigenvalue weighted by molar-refractivity contribution is 5.48. The number of nitro groups is 2. The Morgan fingerprint density at radius 2 is 1.56 bits per heavy atom. The Hall–Kier alpha value is -3.42. The molecule has 0 aliphatic heterocycles. The van der Waals surface area contributed by atoms with Crippen LogP contribution in [0.1, 0.15) is 11.1 Å². The van der Waals surface area contributed by atoms with Crippen molar-refractivity contribution in [3.8, 4) is 11.5 Å². The van der Waals surface area contributed by atoms with Gasteiger partial charge in [-0.05, 0) is 37.1 Å². The zero-order chi connectivity index (χ0) is 19.0. The van der Waals surface area contributed by atoms with Gasteiger partial charge in [0.1, 0.15) is 6.61 Å². The molecule has 0 bridgehead atoms. The van der Waals surface area contributed by atoms with Crippen molar-refractivity contribution in [2.24, 2.45) is 0 Å². The summed E-state index contributed by atoms with van der Waals surface area (Å²) in [6.45, 7) is 7.27. The summed E-state index contributed by atoms with van der Waals surface area (Å²) in [5, 5.41) is 29.8. The maximum atomic E-state index is 10.6. The quantitative estimate of drug-likeness (QED) is 0.495. The van der Waals surface area contributed by atoms with Crippen molar-refractivity contribution < 1.29 is 19.7 Å². The number of hydrogen-bond donors (Lipinski definition) is 1. The minimum atomic E-state index is -0.609. The van der Waals surface area contributed by atoms with E-state index in [0.29, 0.717) is 0 Å². The fraction of sp³-hybridized carbons (Fsp3) is 0.176. The number of ether oxygens (including phenoxy) is 1. The highest BCUT2D eigenvalue weighted by Crippen LogP contribution is 2.27. The van der Waals surface area contributed by atoms with Crippen LogP contribution in [0.25, 0.3) is 0 Å². The Morgan fingerprint density at radius 1 is 1.04 bits per heavy atom. The molecule has 0 amide bonds. The maximum Gasteiger partial charge on any atom is 0.311 e. The first kappa shape index (κ1) is 19.6. The van der Waals surface area contributed by atoms with Crippen LogP contribution in [-0.2, 0) is 0 Å². The minimum Gasteiger partial charge on any atom is -0.502 e. The molecule has 0 heterocycles. The average molecular weight is 346 g/mol. The summed E-state index contributed by atoms with van der Waals surface area (Å²) in [5.74, 6) is -0.0129. The second kappa shape index (κ2) is 9.02. The highest BCUT2D eigenvalue weighted by Gasteiger charge is 2.14. The van der Waals surface area contributed by atoms with Crippen LogP contribution < -0.4 is 4.74 Å². The predicted molar refractivity (Wildman–Crippen MR) is 93.0 cm³/mol. The Labute approximate surface area is 144 Å². The van der Waals surface area contributed by atoms with Crippen molar-refractivity contribution in [2.75, 3.05) is 6.61 Å². The number of nitrogens with zero attached hydrogens (tertiary/aromatic N) is 2. The van der Waals surface area contributed by atoms with E-state index in [-0.39, 0.29) is 29.5 Å². The van der Waals surface area contributed by atoms with Crippen LogP contribution in [0.5, 0.6) is 11.5 Å². The van der Waals surface area contributed by atoms with E-state index in [1.54, 1.807) is 38.1 Å². The van der Waals surface area contributed by atoms with E-state index < -0.39 is 9.85 Å². The van der Waals surface area contributed by atoms with E-state index in [0.717, 1.165) is 11.1 Å².